The molecule has 0 amide bonds. The van der Waals surface area contributed by atoms with Crippen molar-refractivity contribution in [2.45, 2.75) is 45.1 Å². The highest BCUT2D eigenvalue weighted by molar-refractivity contribution is 5.11. The molecule has 0 spiro atoms. The third kappa shape index (κ3) is 2.82. The van der Waals surface area contributed by atoms with Crippen LogP contribution in [0.15, 0.2) is 24.5 Å². The minimum Gasteiger partial charge on any atom is -0.327 e. The van der Waals surface area contributed by atoms with Crippen molar-refractivity contribution in [3.63, 3.8) is 0 Å². The number of hydrogen-bond acceptors (Lipinski definition) is 2. The Morgan fingerprint density at radius 1 is 1.31 bits per heavy atom. The molecule has 0 saturated heterocycles. The molecule has 0 aromatic carbocycles. The van der Waals surface area contributed by atoms with E-state index in [0.717, 1.165) is 12.3 Å². The van der Waals surface area contributed by atoms with E-state index in [9.17, 15) is 0 Å². The zero-order valence-electron chi connectivity index (χ0n) is 10.1. The summed E-state index contributed by atoms with van der Waals surface area (Å²) >= 11 is 0. The van der Waals surface area contributed by atoms with Gasteiger partial charge in [-0.3, -0.25) is 4.98 Å². The average molecular weight is 218 g/mol. The van der Waals surface area contributed by atoms with Crippen LogP contribution in [0.3, 0.4) is 0 Å². The largest absolute Gasteiger partial charge is 0.327 e. The van der Waals surface area contributed by atoms with Crippen molar-refractivity contribution in [3.8, 4) is 0 Å². The van der Waals surface area contributed by atoms with Crippen molar-refractivity contribution in [2.24, 2.45) is 17.6 Å². The van der Waals surface area contributed by atoms with Gasteiger partial charge < -0.3 is 5.73 Å². The summed E-state index contributed by atoms with van der Waals surface area (Å²) in [6, 6.07) is 4.63. The maximum atomic E-state index is 6.23. The molecule has 1 aliphatic carbocycles. The monoisotopic (exact) mass is 218 g/mol. The van der Waals surface area contributed by atoms with Gasteiger partial charge in [0.05, 0.1) is 0 Å². The highest BCUT2D eigenvalue weighted by Crippen LogP contribution is 2.32. The molecule has 1 aromatic rings. The lowest BCUT2D eigenvalue weighted by atomic mass is 9.75. The third-order valence-corrected chi connectivity index (χ3v) is 3.97. The van der Waals surface area contributed by atoms with E-state index in [2.05, 4.69) is 24.0 Å². The fraction of sp³-hybridized carbons (Fsp3) is 0.643. The molecule has 2 rings (SSSR count). The smallest absolute Gasteiger partial charge is 0.0270 e. The summed E-state index contributed by atoms with van der Waals surface area (Å²) in [6.45, 7) is 2.30. The summed E-state index contributed by atoms with van der Waals surface area (Å²) in [6.07, 6.45) is 10.0. The first-order valence-corrected chi connectivity index (χ1v) is 6.44. The summed E-state index contributed by atoms with van der Waals surface area (Å²) in [4.78, 5) is 4.06. The van der Waals surface area contributed by atoms with Gasteiger partial charge in [0.1, 0.15) is 0 Å². The molecule has 1 saturated carbocycles. The molecule has 88 valence electrons. The highest BCUT2D eigenvalue weighted by atomic mass is 14.7. The van der Waals surface area contributed by atoms with E-state index < -0.39 is 0 Å². The van der Waals surface area contributed by atoms with Gasteiger partial charge in [-0.2, -0.15) is 0 Å². The lowest BCUT2D eigenvalue weighted by Gasteiger charge is -2.33. The molecule has 1 aliphatic rings. The molecule has 3 atom stereocenters. The van der Waals surface area contributed by atoms with E-state index in [1.54, 1.807) is 0 Å². The molecule has 1 heterocycles. The molecular formula is C14H22N2. The van der Waals surface area contributed by atoms with Crippen LogP contribution in [0.1, 0.15) is 38.2 Å². The molecule has 0 aliphatic heterocycles. The van der Waals surface area contributed by atoms with Crippen LogP contribution >= 0.6 is 0 Å². The fourth-order valence-corrected chi connectivity index (χ4v) is 2.81. The summed E-state index contributed by atoms with van der Waals surface area (Å²) in [5.74, 6) is 1.56. The minimum absolute atomic E-state index is 0.399. The van der Waals surface area contributed by atoms with Crippen LogP contribution in [0.25, 0.3) is 0 Å². The van der Waals surface area contributed by atoms with Gasteiger partial charge >= 0.3 is 0 Å². The van der Waals surface area contributed by atoms with E-state index in [1.165, 1.54) is 31.2 Å². The Hall–Kier alpha value is -0.890. The topological polar surface area (TPSA) is 38.9 Å². The standard InChI is InChI=1S/C14H22N2/c1-2-11-3-4-14(15)13(9-11)10-12-5-7-16-8-6-12/h5-8,11,13-14H,2-4,9-10,15H2,1H3. The summed E-state index contributed by atoms with van der Waals surface area (Å²) < 4.78 is 0. The van der Waals surface area contributed by atoms with Crippen molar-refractivity contribution in [1.29, 1.82) is 0 Å². The average Bonchev–Trinajstić information content (AvgIpc) is 2.33. The van der Waals surface area contributed by atoms with E-state index in [0.29, 0.717) is 12.0 Å². The molecule has 16 heavy (non-hydrogen) atoms. The van der Waals surface area contributed by atoms with Gasteiger partial charge in [-0.15, -0.1) is 0 Å². The minimum atomic E-state index is 0.399. The Bertz CT molecular complexity index is 310. The van der Waals surface area contributed by atoms with E-state index in [-0.39, 0.29) is 0 Å². The van der Waals surface area contributed by atoms with Crippen LogP contribution in [0.4, 0.5) is 0 Å². The summed E-state index contributed by atoms with van der Waals surface area (Å²) in [5.41, 5.74) is 7.61. The Balaban J connectivity index is 1.97. The molecule has 1 aromatic heterocycles. The zero-order valence-corrected chi connectivity index (χ0v) is 10.1. The second-order valence-corrected chi connectivity index (χ2v) is 5.07. The predicted molar refractivity (Wildman–Crippen MR) is 67.0 cm³/mol. The number of aromatic nitrogens is 1. The molecular weight excluding hydrogens is 196 g/mol. The van der Waals surface area contributed by atoms with Gasteiger partial charge in [0.15, 0.2) is 0 Å². The Kier molecular flexibility index (Phi) is 3.94. The van der Waals surface area contributed by atoms with E-state index >= 15 is 0 Å². The Labute approximate surface area is 98.3 Å². The van der Waals surface area contributed by atoms with Crippen LogP contribution in [0.2, 0.25) is 0 Å². The molecule has 0 bridgehead atoms. The van der Waals surface area contributed by atoms with Crippen molar-refractivity contribution < 1.29 is 0 Å². The van der Waals surface area contributed by atoms with Crippen LogP contribution in [0, 0.1) is 11.8 Å². The number of nitrogens with two attached hydrogens (primary N) is 1. The van der Waals surface area contributed by atoms with Crippen LogP contribution in [0.5, 0.6) is 0 Å². The summed E-state index contributed by atoms with van der Waals surface area (Å²) in [7, 11) is 0. The first-order valence-electron chi connectivity index (χ1n) is 6.44. The highest BCUT2D eigenvalue weighted by Gasteiger charge is 2.27. The first-order chi connectivity index (χ1) is 7.79. The predicted octanol–water partition coefficient (Wildman–Crippen LogP) is 2.78. The molecule has 3 unspecified atom stereocenters. The van der Waals surface area contributed by atoms with Crippen molar-refractivity contribution in [3.05, 3.63) is 30.1 Å². The van der Waals surface area contributed by atoms with Gasteiger partial charge in [-0.1, -0.05) is 13.3 Å². The second-order valence-electron chi connectivity index (χ2n) is 5.07. The van der Waals surface area contributed by atoms with E-state index in [1.807, 2.05) is 12.4 Å². The number of hydrogen-bond donors (Lipinski definition) is 1. The zero-order chi connectivity index (χ0) is 11.4. The second kappa shape index (κ2) is 5.44. The molecule has 2 heteroatoms. The van der Waals surface area contributed by atoms with Crippen LogP contribution < -0.4 is 5.73 Å². The SMILES string of the molecule is CCC1CCC(N)C(Cc2ccncc2)C1. The normalized spacial score (nSPS) is 30.2. The number of pyridine rings is 1. The van der Waals surface area contributed by atoms with Crippen LogP contribution in [-0.2, 0) is 6.42 Å². The Morgan fingerprint density at radius 2 is 2.06 bits per heavy atom. The number of rotatable bonds is 3. The molecule has 1 fully saturated rings. The first kappa shape index (κ1) is 11.6. The lowest BCUT2D eigenvalue weighted by molar-refractivity contribution is 0.227. The van der Waals surface area contributed by atoms with Gasteiger partial charge in [0.2, 0.25) is 0 Å². The third-order valence-electron chi connectivity index (χ3n) is 3.97. The molecule has 0 radical (unpaired) electrons. The quantitative estimate of drug-likeness (QED) is 0.847. The van der Waals surface area contributed by atoms with Gasteiger partial charge in [0.25, 0.3) is 0 Å². The van der Waals surface area contributed by atoms with Crippen LogP contribution in [-0.4, -0.2) is 11.0 Å². The Morgan fingerprint density at radius 3 is 2.75 bits per heavy atom. The van der Waals surface area contributed by atoms with Gasteiger partial charge in [0, 0.05) is 18.4 Å². The maximum Gasteiger partial charge on any atom is 0.0270 e. The lowest BCUT2D eigenvalue weighted by Crippen LogP contribution is -2.37. The summed E-state index contributed by atoms with van der Waals surface area (Å²) in [5, 5.41) is 0. The molecule has 2 N–H and O–H groups in total. The van der Waals surface area contributed by atoms with Crippen molar-refractivity contribution >= 4 is 0 Å². The fourth-order valence-electron chi connectivity index (χ4n) is 2.81. The van der Waals surface area contributed by atoms with Crippen molar-refractivity contribution in [1.82, 2.24) is 4.98 Å². The maximum absolute atomic E-state index is 6.23. The van der Waals surface area contributed by atoms with E-state index in [4.69, 9.17) is 5.73 Å². The van der Waals surface area contributed by atoms with Gasteiger partial charge in [-0.25, -0.2) is 0 Å². The number of nitrogens with zero attached hydrogens (tertiary/aromatic N) is 1. The van der Waals surface area contributed by atoms with Crippen molar-refractivity contribution in [2.75, 3.05) is 0 Å². The van der Waals surface area contributed by atoms with Gasteiger partial charge in [-0.05, 0) is 55.2 Å². The molecule has 2 nitrogen and oxygen atoms in total.